The number of nitrogens with zero attached hydrogens (tertiary/aromatic N) is 2. The molecule has 0 aliphatic rings. The molecular weight excluding hydrogens is 418 g/mol. The molecule has 2 aromatic heterocycles. The Hall–Kier alpha value is -3.85. The van der Waals surface area contributed by atoms with Gasteiger partial charge in [0.2, 0.25) is 5.91 Å². The molecule has 9 heteroatoms. The van der Waals surface area contributed by atoms with Gasteiger partial charge in [0.05, 0.1) is 31.1 Å². The zero-order valence-corrected chi connectivity index (χ0v) is 17.6. The first-order valence-corrected chi connectivity index (χ1v) is 10.2. The predicted octanol–water partition coefficient (Wildman–Crippen LogP) is 2.87. The first-order valence-electron chi connectivity index (χ1n) is 9.34. The van der Waals surface area contributed by atoms with E-state index in [9.17, 15) is 14.4 Å². The van der Waals surface area contributed by atoms with E-state index in [1.54, 1.807) is 60.0 Å². The standard InChI is InChI=1S/C22H19N3O5S/c1-29-17-9-5-3-7-14(17)23-19(26)13-24-16-11-12-31-20(16)21(27)25(22(24)28)15-8-4-6-10-18(15)30-2/h3-12H,13H2,1-2H3,(H,23,26). The van der Waals surface area contributed by atoms with Crippen LogP contribution < -0.4 is 26.0 Å². The molecule has 0 spiro atoms. The Bertz CT molecular complexity index is 1390. The molecule has 158 valence electrons. The summed E-state index contributed by atoms with van der Waals surface area (Å²) in [6, 6.07) is 15.4. The van der Waals surface area contributed by atoms with E-state index in [1.165, 1.54) is 30.1 Å². The number of rotatable bonds is 6. The molecule has 2 aromatic carbocycles. The summed E-state index contributed by atoms with van der Waals surface area (Å²) in [7, 11) is 2.97. The summed E-state index contributed by atoms with van der Waals surface area (Å²) in [6.07, 6.45) is 0. The van der Waals surface area contributed by atoms with Crippen molar-refractivity contribution in [2.24, 2.45) is 0 Å². The minimum absolute atomic E-state index is 0.278. The molecule has 4 rings (SSSR count). The Labute approximate surface area is 180 Å². The summed E-state index contributed by atoms with van der Waals surface area (Å²) >= 11 is 1.21. The fraction of sp³-hybridized carbons (Fsp3) is 0.136. The molecule has 0 fully saturated rings. The molecule has 0 unspecified atom stereocenters. The van der Waals surface area contributed by atoms with Crippen LogP contribution in [0, 0.1) is 0 Å². The molecule has 0 saturated heterocycles. The number of hydrogen-bond donors (Lipinski definition) is 1. The van der Waals surface area contributed by atoms with Crippen molar-refractivity contribution < 1.29 is 14.3 Å². The summed E-state index contributed by atoms with van der Waals surface area (Å²) in [5.41, 5.74) is 0.120. The Balaban J connectivity index is 1.82. The van der Waals surface area contributed by atoms with Crippen molar-refractivity contribution in [3.63, 3.8) is 0 Å². The van der Waals surface area contributed by atoms with Crippen LogP contribution in [-0.4, -0.2) is 29.3 Å². The summed E-state index contributed by atoms with van der Waals surface area (Å²) in [5, 5.41) is 4.47. The van der Waals surface area contributed by atoms with Gasteiger partial charge in [-0.15, -0.1) is 11.3 Å². The van der Waals surface area contributed by atoms with Crippen LogP contribution in [0.1, 0.15) is 0 Å². The van der Waals surface area contributed by atoms with Crippen LogP contribution in [0.15, 0.2) is 69.6 Å². The summed E-state index contributed by atoms with van der Waals surface area (Å²) in [4.78, 5) is 39.2. The van der Waals surface area contributed by atoms with E-state index in [1.807, 2.05) is 0 Å². The van der Waals surface area contributed by atoms with Gasteiger partial charge in [-0.1, -0.05) is 24.3 Å². The van der Waals surface area contributed by atoms with Crippen LogP contribution in [0.5, 0.6) is 11.5 Å². The van der Waals surface area contributed by atoms with Crippen LogP contribution in [0.4, 0.5) is 5.69 Å². The number of anilines is 1. The molecule has 1 N–H and O–H groups in total. The van der Waals surface area contributed by atoms with E-state index in [0.717, 1.165) is 4.57 Å². The van der Waals surface area contributed by atoms with Crippen LogP contribution in [-0.2, 0) is 11.3 Å². The maximum Gasteiger partial charge on any atom is 0.336 e. The van der Waals surface area contributed by atoms with Crippen LogP contribution in [0.2, 0.25) is 0 Å². The molecule has 1 amide bonds. The number of carbonyl (C=O) groups excluding carboxylic acids is 1. The maximum atomic E-state index is 13.4. The highest BCUT2D eigenvalue weighted by Crippen LogP contribution is 2.24. The molecule has 8 nitrogen and oxygen atoms in total. The van der Waals surface area contributed by atoms with Gasteiger partial charge in [-0.2, -0.15) is 0 Å². The Morgan fingerprint density at radius 2 is 1.65 bits per heavy atom. The van der Waals surface area contributed by atoms with E-state index in [2.05, 4.69) is 5.32 Å². The van der Waals surface area contributed by atoms with E-state index < -0.39 is 17.2 Å². The smallest absolute Gasteiger partial charge is 0.336 e. The van der Waals surface area contributed by atoms with Crippen LogP contribution in [0.3, 0.4) is 0 Å². The van der Waals surface area contributed by atoms with Crippen molar-refractivity contribution in [1.29, 1.82) is 0 Å². The number of carbonyl (C=O) groups is 1. The lowest BCUT2D eigenvalue weighted by atomic mass is 10.3. The Morgan fingerprint density at radius 3 is 2.39 bits per heavy atom. The molecule has 2 heterocycles. The highest BCUT2D eigenvalue weighted by molar-refractivity contribution is 7.17. The third-order valence-corrected chi connectivity index (χ3v) is 5.66. The average Bonchev–Trinajstić information content (AvgIpc) is 3.28. The van der Waals surface area contributed by atoms with Crippen molar-refractivity contribution in [2.75, 3.05) is 19.5 Å². The van der Waals surface area contributed by atoms with Gasteiger partial charge in [0, 0.05) is 0 Å². The summed E-state index contributed by atoms with van der Waals surface area (Å²) in [5.74, 6) is 0.454. The summed E-state index contributed by atoms with van der Waals surface area (Å²) < 4.78 is 13.3. The molecule has 0 radical (unpaired) electrons. The van der Waals surface area contributed by atoms with E-state index in [-0.39, 0.29) is 6.54 Å². The van der Waals surface area contributed by atoms with Crippen molar-refractivity contribution >= 4 is 33.1 Å². The Morgan fingerprint density at radius 1 is 0.968 bits per heavy atom. The highest BCUT2D eigenvalue weighted by atomic mass is 32.1. The third kappa shape index (κ3) is 3.71. The normalized spacial score (nSPS) is 10.8. The number of hydrogen-bond acceptors (Lipinski definition) is 6. The van der Waals surface area contributed by atoms with E-state index in [0.29, 0.717) is 33.1 Å². The van der Waals surface area contributed by atoms with Gasteiger partial charge in [0.1, 0.15) is 22.7 Å². The van der Waals surface area contributed by atoms with Crippen molar-refractivity contribution in [2.45, 2.75) is 6.54 Å². The number of amides is 1. The zero-order valence-electron chi connectivity index (χ0n) is 16.8. The molecule has 0 saturated carbocycles. The van der Waals surface area contributed by atoms with Gasteiger partial charge in [0.15, 0.2) is 0 Å². The predicted molar refractivity (Wildman–Crippen MR) is 120 cm³/mol. The number of para-hydroxylation sites is 4. The van der Waals surface area contributed by atoms with Gasteiger partial charge in [0.25, 0.3) is 5.56 Å². The second-order valence-corrected chi connectivity index (χ2v) is 7.48. The number of aromatic nitrogens is 2. The monoisotopic (exact) mass is 437 g/mol. The maximum absolute atomic E-state index is 13.4. The second-order valence-electron chi connectivity index (χ2n) is 6.56. The highest BCUT2D eigenvalue weighted by Gasteiger charge is 2.19. The van der Waals surface area contributed by atoms with Gasteiger partial charge in [-0.05, 0) is 35.7 Å². The van der Waals surface area contributed by atoms with E-state index in [4.69, 9.17) is 9.47 Å². The molecular formula is C22H19N3O5S. The van der Waals surface area contributed by atoms with Gasteiger partial charge in [-0.3, -0.25) is 14.2 Å². The quantitative estimate of drug-likeness (QED) is 0.501. The van der Waals surface area contributed by atoms with Crippen molar-refractivity contribution in [3.05, 3.63) is 80.8 Å². The van der Waals surface area contributed by atoms with Gasteiger partial charge < -0.3 is 14.8 Å². The van der Waals surface area contributed by atoms with Gasteiger partial charge in [-0.25, -0.2) is 9.36 Å². The second kappa shape index (κ2) is 8.49. The first-order chi connectivity index (χ1) is 15.0. The average molecular weight is 437 g/mol. The third-order valence-electron chi connectivity index (χ3n) is 4.76. The molecule has 4 aromatic rings. The number of benzene rings is 2. The topological polar surface area (TPSA) is 91.6 Å². The SMILES string of the molecule is COc1ccccc1NC(=O)Cn1c(=O)n(-c2ccccc2OC)c(=O)c2sccc21. The van der Waals surface area contributed by atoms with E-state index >= 15 is 0 Å². The zero-order chi connectivity index (χ0) is 22.0. The molecule has 0 aliphatic heterocycles. The van der Waals surface area contributed by atoms with Crippen molar-refractivity contribution in [1.82, 2.24) is 9.13 Å². The Kier molecular flexibility index (Phi) is 5.59. The first kappa shape index (κ1) is 20.4. The fourth-order valence-corrected chi connectivity index (χ4v) is 4.17. The summed E-state index contributed by atoms with van der Waals surface area (Å²) in [6.45, 7) is -0.278. The molecule has 31 heavy (non-hydrogen) atoms. The molecule has 0 atom stereocenters. The minimum Gasteiger partial charge on any atom is -0.495 e. The number of fused-ring (bicyclic) bond motifs is 1. The number of ether oxygens (including phenoxy) is 2. The number of nitrogens with one attached hydrogen (secondary N) is 1. The lowest BCUT2D eigenvalue weighted by molar-refractivity contribution is -0.116. The van der Waals surface area contributed by atoms with Crippen LogP contribution in [0.25, 0.3) is 15.9 Å². The fourth-order valence-electron chi connectivity index (χ4n) is 3.35. The molecule has 0 bridgehead atoms. The minimum atomic E-state index is -0.629. The lowest BCUT2D eigenvalue weighted by Gasteiger charge is -2.15. The number of thiophene rings is 1. The van der Waals surface area contributed by atoms with Crippen molar-refractivity contribution in [3.8, 4) is 17.2 Å². The molecule has 0 aliphatic carbocycles. The largest absolute Gasteiger partial charge is 0.495 e. The lowest BCUT2D eigenvalue weighted by Crippen LogP contribution is -2.40. The van der Waals surface area contributed by atoms with Gasteiger partial charge >= 0.3 is 5.69 Å². The number of methoxy groups -OCH3 is 2. The van der Waals surface area contributed by atoms with Crippen LogP contribution >= 0.6 is 11.3 Å².